The van der Waals surface area contributed by atoms with E-state index in [0.717, 1.165) is 6.42 Å². The average molecular weight is 468 g/mol. The maximum atomic E-state index is 12.7. The summed E-state index contributed by atoms with van der Waals surface area (Å²) in [6.07, 6.45) is 0.767. The highest BCUT2D eigenvalue weighted by atomic mass is 35.5. The van der Waals surface area contributed by atoms with E-state index < -0.39 is 5.91 Å². The monoisotopic (exact) mass is 467 g/mol. The molecule has 0 bridgehead atoms. The van der Waals surface area contributed by atoms with Crippen LogP contribution in [0.4, 0.5) is 5.82 Å². The number of aromatic nitrogens is 3. The Morgan fingerprint density at radius 1 is 1.22 bits per heavy atom. The molecule has 0 aliphatic heterocycles. The van der Waals surface area contributed by atoms with Crippen LogP contribution in [0.5, 0.6) is 5.75 Å². The van der Waals surface area contributed by atoms with Gasteiger partial charge in [-0.3, -0.25) is 4.79 Å². The number of carbonyl (C=O) groups excluding carboxylic acids is 1. The van der Waals surface area contributed by atoms with Crippen molar-refractivity contribution in [2.45, 2.75) is 26.3 Å². The van der Waals surface area contributed by atoms with Crippen LogP contribution in [-0.2, 0) is 4.79 Å². The van der Waals surface area contributed by atoms with Crippen LogP contribution in [0.25, 0.3) is 22.2 Å². The first-order valence-corrected chi connectivity index (χ1v) is 10.8. The van der Waals surface area contributed by atoms with Crippen LogP contribution in [0.2, 0.25) is 10.0 Å². The van der Waals surface area contributed by atoms with E-state index in [4.69, 9.17) is 32.9 Å². The summed E-state index contributed by atoms with van der Waals surface area (Å²) in [6, 6.07) is 14.3. The molecule has 1 N–H and O–H groups in total. The van der Waals surface area contributed by atoms with Gasteiger partial charge in [-0.15, -0.1) is 0 Å². The number of amides is 1. The molecule has 1 atom stereocenters. The molecule has 0 radical (unpaired) electrons. The molecule has 4 rings (SSSR count). The van der Waals surface area contributed by atoms with Crippen molar-refractivity contribution < 1.29 is 9.53 Å². The van der Waals surface area contributed by atoms with E-state index >= 15 is 0 Å². The normalized spacial score (nSPS) is 12.0. The summed E-state index contributed by atoms with van der Waals surface area (Å²) in [5, 5.41) is 13.5. The minimum Gasteiger partial charge on any atom is -0.482 e. The number of para-hydroxylation sites is 2. The van der Waals surface area contributed by atoms with Gasteiger partial charge in [0.25, 0.3) is 5.91 Å². The Balaban J connectivity index is 1.72. The number of rotatable bonds is 6. The number of hydrogen-bond donors (Lipinski definition) is 1. The van der Waals surface area contributed by atoms with Crippen LogP contribution >= 0.6 is 23.2 Å². The molecule has 0 saturated heterocycles. The molecule has 0 fully saturated rings. The highest BCUT2D eigenvalue weighted by Crippen LogP contribution is 2.33. The highest BCUT2D eigenvalue weighted by Gasteiger charge is 2.24. The largest absolute Gasteiger partial charge is 0.482 e. The molecule has 7 nitrogen and oxygen atoms in total. The Kier molecular flexibility index (Phi) is 6.17. The number of halogens is 2. The molecule has 162 valence electrons. The molecular formula is C23H19Cl2N5O2. The zero-order valence-corrected chi connectivity index (χ0v) is 18.9. The molecule has 2 heterocycles. The van der Waals surface area contributed by atoms with Crippen LogP contribution in [0, 0.1) is 11.3 Å². The van der Waals surface area contributed by atoms with E-state index in [1.807, 2.05) is 42.7 Å². The Hall–Kier alpha value is -3.34. The van der Waals surface area contributed by atoms with Gasteiger partial charge < -0.3 is 14.6 Å². The minimum absolute atomic E-state index is 0.0306. The number of nitriles is 1. The first-order valence-electron chi connectivity index (χ1n) is 10.0. The topological polar surface area (TPSA) is 92.8 Å². The van der Waals surface area contributed by atoms with Crippen LogP contribution in [0.1, 0.15) is 31.9 Å². The smallest absolute Gasteiger partial charge is 0.263 e. The molecule has 2 aromatic heterocycles. The molecule has 4 aromatic rings. The van der Waals surface area contributed by atoms with Gasteiger partial charge in [0, 0.05) is 11.1 Å². The number of nitrogens with one attached hydrogen (secondary N) is 1. The lowest BCUT2D eigenvalue weighted by Crippen LogP contribution is -2.23. The predicted octanol–water partition coefficient (Wildman–Crippen LogP) is 5.75. The third-order valence-corrected chi connectivity index (χ3v) is 5.68. The van der Waals surface area contributed by atoms with Crippen molar-refractivity contribution in [1.82, 2.24) is 14.5 Å². The van der Waals surface area contributed by atoms with Crippen LogP contribution in [0.3, 0.4) is 0 Å². The molecule has 9 heteroatoms. The molecule has 0 aliphatic rings. The number of fused-ring (bicyclic) bond motifs is 2. The van der Waals surface area contributed by atoms with E-state index in [9.17, 15) is 10.1 Å². The van der Waals surface area contributed by atoms with Gasteiger partial charge in [0.05, 0.1) is 16.1 Å². The lowest BCUT2D eigenvalue weighted by atomic mass is 10.2. The fourth-order valence-electron chi connectivity index (χ4n) is 3.41. The van der Waals surface area contributed by atoms with Crippen LogP contribution in [-0.4, -0.2) is 27.0 Å². The summed E-state index contributed by atoms with van der Waals surface area (Å²) in [7, 11) is 0. The number of hydrogen-bond acceptors (Lipinski definition) is 5. The number of benzene rings is 2. The Bertz CT molecular complexity index is 1380. The summed E-state index contributed by atoms with van der Waals surface area (Å²) in [5.41, 5.74) is 2.65. The second-order valence-electron chi connectivity index (χ2n) is 7.26. The highest BCUT2D eigenvalue weighted by molar-refractivity contribution is 6.35. The standard InChI is InChI=1S/C23H19Cl2N5O2/c1-3-13(2)30-22(29-20(31)12-32-19-9-8-14(24)10-16(19)25)15(11-26)21-23(30)28-18-7-5-4-6-17(18)27-21/h4-10,13H,3,12H2,1-2H3,(H,29,31)/t13-/m0/s1. The fraction of sp³-hybridized carbons (Fsp3) is 0.217. The minimum atomic E-state index is -0.440. The maximum absolute atomic E-state index is 12.7. The molecule has 0 aliphatic carbocycles. The van der Waals surface area contributed by atoms with Crippen molar-refractivity contribution in [2.24, 2.45) is 0 Å². The lowest BCUT2D eigenvalue weighted by Gasteiger charge is -2.17. The Morgan fingerprint density at radius 2 is 1.94 bits per heavy atom. The first-order chi connectivity index (χ1) is 15.4. The summed E-state index contributed by atoms with van der Waals surface area (Å²) in [6.45, 7) is 3.72. The van der Waals surface area contributed by atoms with Gasteiger partial charge >= 0.3 is 0 Å². The Morgan fingerprint density at radius 3 is 2.59 bits per heavy atom. The molecule has 0 saturated carbocycles. The number of carbonyl (C=O) groups is 1. The average Bonchev–Trinajstić information content (AvgIpc) is 3.08. The summed E-state index contributed by atoms with van der Waals surface area (Å²) in [5.74, 6) is 0.246. The van der Waals surface area contributed by atoms with Crippen molar-refractivity contribution in [1.29, 1.82) is 5.26 Å². The van der Waals surface area contributed by atoms with E-state index in [0.29, 0.717) is 43.8 Å². The van der Waals surface area contributed by atoms with Gasteiger partial charge in [-0.25, -0.2) is 9.97 Å². The SMILES string of the molecule is CC[C@H](C)n1c(NC(=O)COc2ccc(Cl)cc2Cl)c(C#N)c2nc3ccccc3nc21. The Labute approximate surface area is 194 Å². The van der Waals surface area contributed by atoms with E-state index in [-0.39, 0.29) is 18.2 Å². The maximum Gasteiger partial charge on any atom is 0.263 e. The quantitative estimate of drug-likeness (QED) is 0.389. The van der Waals surface area contributed by atoms with Gasteiger partial charge in [-0.05, 0) is 43.7 Å². The number of ether oxygens (including phenoxy) is 1. The summed E-state index contributed by atoms with van der Waals surface area (Å²) in [4.78, 5) is 22.1. The zero-order valence-electron chi connectivity index (χ0n) is 17.4. The van der Waals surface area contributed by atoms with Crippen molar-refractivity contribution in [3.05, 3.63) is 58.1 Å². The predicted molar refractivity (Wildman–Crippen MR) is 125 cm³/mol. The van der Waals surface area contributed by atoms with Gasteiger partial charge in [0.1, 0.15) is 28.7 Å². The van der Waals surface area contributed by atoms with Gasteiger partial charge in [-0.1, -0.05) is 42.3 Å². The van der Waals surface area contributed by atoms with Crippen molar-refractivity contribution in [3.8, 4) is 11.8 Å². The third kappa shape index (κ3) is 4.07. The second-order valence-corrected chi connectivity index (χ2v) is 8.10. The van der Waals surface area contributed by atoms with Crippen LogP contribution < -0.4 is 10.1 Å². The lowest BCUT2D eigenvalue weighted by molar-refractivity contribution is -0.118. The number of nitrogens with zero attached hydrogens (tertiary/aromatic N) is 4. The second kappa shape index (κ2) is 9.03. The third-order valence-electron chi connectivity index (χ3n) is 5.15. The number of anilines is 1. The first kappa shape index (κ1) is 21.9. The molecule has 0 spiro atoms. The van der Waals surface area contributed by atoms with E-state index in [1.54, 1.807) is 12.1 Å². The molecular weight excluding hydrogens is 449 g/mol. The van der Waals surface area contributed by atoms with Crippen molar-refractivity contribution >= 4 is 57.1 Å². The molecule has 1 amide bonds. The van der Waals surface area contributed by atoms with Crippen molar-refractivity contribution in [2.75, 3.05) is 11.9 Å². The molecule has 32 heavy (non-hydrogen) atoms. The van der Waals surface area contributed by atoms with Gasteiger partial charge in [0.15, 0.2) is 12.3 Å². The fourth-order valence-corrected chi connectivity index (χ4v) is 3.87. The van der Waals surface area contributed by atoms with Gasteiger partial charge in [-0.2, -0.15) is 5.26 Å². The van der Waals surface area contributed by atoms with E-state index in [2.05, 4.69) is 16.4 Å². The van der Waals surface area contributed by atoms with Crippen molar-refractivity contribution in [3.63, 3.8) is 0 Å². The zero-order chi connectivity index (χ0) is 22.8. The summed E-state index contributed by atoms with van der Waals surface area (Å²) >= 11 is 12.0. The summed E-state index contributed by atoms with van der Waals surface area (Å²) < 4.78 is 7.38. The van der Waals surface area contributed by atoms with E-state index in [1.165, 1.54) is 6.07 Å². The van der Waals surface area contributed by atoms with Gasteiger partial charge in [0.2, 0.25) is 0 Å². The van der Waals surface area contributed by atoms with Crippen LogP contribution in [0.15, 0.2) is 42.5 Å². The molecule has 0 unspecified atom stereocenters. The molecule has 2 aromatic carbocycles.